The third kappa shape index (κ3) is 5.51. The van der Waals surface area contributed by atoms with Gasteiger partial charge in [-0.2, -0.15) is 0 Å². The summed E-state index contributed by atoms with van der Waals surface area (Å²) in [6.45, 7) is 3.69. The van der Waals surface area contributed by atoms with Crippen LogP contribution in [-0.2, 0) is 10.5 Å². The fourth-order valence-corrected chi connectivity index (χ4v) is 4.04. The van der Waals surface area contributed by atoms with Crippen LogP contribution in [0.1, 0.15) is 18.1 Å². The summed E-state index contributed by atoms with van der Waals surface area (Å²) in [5.74, 6) is 0.514. The predicted molar refractivity (Wildman–Crippen MR) is 106 cm³/mol. The van der Waals surface area contributed by atoms with Crippen molar-refractivity contribution in [3.8, 4) is 5.75 Å². The van der Waals surface area contributed by atoms with Crippen molar-refractivity contribution in [2.45, 2.75) is 30.0 Å². The van der Waals surface area contributed by atoms with Crippen molar-refractivity contribution in [3.05, 3.63) is 65.5 Å². The maximum Gasteiger partial charge on any atom is 0.266 e. The van der Waals surface area contributed by atoms with E-state index in [0.717, 1.165) is 10.1 Å². The van der Waals surface area contributed by atoms with E-state index in [1.54, 1.807) is 18.7 Å². The molecule has 0 saturated carbocycles. The summed E-state index contributed by atoms with van der Waals surface area (Å²) in [6, 6.07) is 13.7. The number of nitrogens with one attached hydrogen (secondary N) is 1. The quantitative estimate of drug-likeness (QED) is 0.458. The lowest BCUT2D eigenvalue weighted by Crippen LogP contribution is -2.30. The Kier molecular flexibility index (Phi) is 6.41. The number of benzene rings is 2. The number of ether oxygens (including phenoxy) is 1. The first kappa shape index (κ1) is 19.3. The van der Waals surface area contributed by atoms with Gasteiger partial charge in [0.15, 0.2) is 10.4 Å². The molecule has 1 amide bonds. The molecule has 1 unspecified atom stereocenters. The van der Waals surface area contributed by atoms with E-state index in [1.807, 2.05) is 12.1 Å². The van der Waals surface area contributed by atoms with Gasteiger partial charge in [-0.3, -0.25) is 10.1 Å². The summed E-state index contributed by atoms with van der Waals surface area (Å²) in [5, 5.41) is 11.2. The number of amides is 1. The number of carbonyl (C=O) groups excluding carboxylic acids is 1. The van der Waals surface area contributed by atoms with Gasteiger partial charge in [0, 0.05) is 5.75 Å². The van der Waals surface area contributed by atoms with Gasteiger partial charge in [0.25, 0.3) is 5.91 Å². The van der Waals surface area contributed by atoms with Gasteiger partial charge in [-0.1, -0.05) is 47.4 Å². The molecule has 27 heavy (non-hydrogen) atoms. The number of anilines is 1. The Balaban J connectivity index is 1.52. The Morgan fingerprint density at radius 2 is 1.96 bits per heavy atom. The van der Waals surface area contributed by atoms with E-state index in [0.29, 0.717) is 10.9 Å². The SMILES string of the molecule is Cc1ccccc1CSc1nnc(NC(=O)C(C)Oc2ccc(F)cc2)s1. The van der Waals surface area contributed by atoms with E-state index in [4.69, 9.17) is 4.74 Å². The molecule has 0 aliphatic carbocycles. The number of aromatic nitrogens is 2. The normalized spacial score (nSPS) is 11.8. The largest absolute Gasteiger partial charge is 0.481 e. The van der Waals surface area contributed by atoms with Crippen molar-refractivity contribution in [1.29, 1.82) is 0 Å². The standard InChI is InChI=1S/C19H18FN3O2S2/c1-12-5-3-4-6-14(12)11-26-19-23-22-18(27-19)21-17(24)13(2)25-16-9-7-15(20)8-10-16/h3-10,13H,11H2,1-2H3,(H,21,22,24). The van der Waals surface area contributed by atoms with Crippen LogP contribution in [0.15, 0.2) is 52.9 Å². The van der Waals surface area contributed by atoms with Crippen LogP contribution in [0, 0.1) is 12.7 Å². The first-order valence-electron chi connectivity index (χ1n) is 8.25. The molecular formula is C19H18FN3O2S2. The van der Waals surface area contributed by atoms with Crippen LogP contribution < -0.4 is 10.1 Å². The van der Waals surface area contributed by atoms with Gasteiger partial charge >= 0.3 is 0 Å². The molecule has 2 aromatic carbocycles. The molecule has 0 spiro atoms. The van der Waals surface area contributed by atoms with E-state index in [1.165, 1.54) is 46.7 Å². The zero-order valence-corrected chi connectivity index (χ0v) is 16.4. The molecule has 0 bridgehead atoms. The second-order valence-electron chi connectivity index (χ2n) is 5.79. The lowest BCUT2D eigenvalue weighted by Gasteiger charge is -2.13. The molecule has 0 fully saturated rings. The van der Waals surface area contributed by atoms with E-state index >= 15 is 0 Å². The minimum atomic E-state index is -0.748. The Hall–Kier alpha value is -2.45. The smallest absolute Gasteiger partial charge is 0.266 e. The van der Waals surface area contributed by atoms with Crippen molar-refractivity contribution in [2.24, 2.45) is 0 Å². The van der Waals surface area contributed by atoms with Gasteiger partial charge in [-0.05, 0) is 49.2 Å². The highest BCUT2D eigenvalue weighted by Gasteiger charge is 2.17. The van der Waals surface area contributed by atoms with Crippen molar-refractivity contribution in [3.63, 3.8) is 0 Å². The first-order chi connectivity index (χ1) is 13.0. The molecule has 140 valence electrons. The third-order valence-corrected chi connectivity index (χ3v) is 5.77. The molecule has 1 N–H and O–H groups in total. The topological polar surface area (TPSA) is 64.1 Å². The number of hydrogen-bond acceptors (Lipinski definition) is 6. The number of carbonyl (C=O) groups is 1. The molecule has 0 saturated heterocycles. The van der Waals surface area contributed by atoms with Crippen molar-refractivity contribution in [2.75, 3.05) is 5.32 Å². The second kappa shape index (κ2) is 8.96. The van der Waals surface area contributed by atoms with Crippen LogP contribution in [0.3, 0.4) is 0 Å². The van der Waals surface area contributed by atoms with E-state index < -0.39 is 6.10 Å². The maximum absolute atomic E-state index is 12.9. The average Bonchev–Trinajstić information content (AvgIpc) is 3.10. The van der Waals surface area contributed by atoms with Crippen LogP contribution in [0.2, 0.25) is 0 Å². The molecule has 3 aromatic rings. The number of hydrogen-bond donors (Lipinski definition) is 1. The number of aryl methyl sites for hydroxylation is 1. The molecule has 0 aliphatic heterocycles. The zero-order chi connectivity index (χ0) is 19.2. The van der Waals surface area contributed by atoms with E-state index in [-0.39, 0.29) is 11.7 Å². The monoisotopic (exact) mass is 403 g/mol. The van der Waals surface area contributed by atoms with Crippen molar-refractivity contribution < 1.29 is 13.9 Å². The van der Waals surface area contributed by atoms with Crippen LogP contribution in [0.5, 0.6) is 5.75 Å². The highest BCUT2D eigenvalue weighted by molar-refractivity contribution is 8.00. The molecule has 0 radical (unpaired) electrons. The minimum Gasteiger partial charge on any atom is -0.481 e. The number of thioether (sulfide) groups is 1. The Morgan fingerprint density at radius 3 is 2.70 bits per heavy atom. The Labute approximate surface area is 165 Å². The van der Waals surface area contributed by atoms with Crippen LogP contribution in [-0.4, -0.2) is 22.2 Å². The summed E-state index contributed by atoms with van der Waals surface area (Å²) in [4.78, 5) is 12.2. The summed E-state index contributed by atoms with van der Waals surface area (Å²) in [5.41, 5.74) is 2.47. The van der Waals surface area contributed by atoms with Gasteiger partial charge < -0.3 is 4.74 Å². The minimum absolute atomic E-state index is 0.342. The number of rotatable bonds is 7. The molecular weight excluding hydrogens is 385 g/mol. The fourth-order valence-electron chi connectivity index (χ4n) is 2.21. The molecule has 8 heteroatoms. The van der Waals surface area contributed by atoms with Crippen molar-refractivity contribution in [1.82, 2.24) is 10.2 Å². The highest BCUT2D eigenvalue weighted by Crippen LogP contribution is 2.29. The van der Waals surface area contributed by atoms with Crippen molar-refractivity contribution >= 4 is 34.1 Å². The number of halogens is 1. The lowest BCUT2D eigenvalue weighted by molar-refractivity contribution is -0.122. The fraction of sp³-hybridized carbons (Fsp3) is 0.211. The molecule has 1 atom stereocenters. The van der Waals surface area contributed by atoms with E-state index in [2.05, 4.69) is 34.6 Å². The molecule has 1 heterocycles. The second-order valence-corrected chi connectivity index (χ2v) is 7.99. The predicted octanol–water partition coefficient (Wildman–Crippen LogP) is 4.68. The summed E-state index contributed by atoms with van der Waals surface area (Å²) in [6.07, 6.45) is -0.748. The summed E-state index contributed by atoms with van der Waals surface area (Å²) in [7, 11) is 0. The zero-order valence-electron chi connectivity index (χ0n) is 14.8. The van der Waals surface area contributed by atoms with Gasteiger partial charge in [0.05, 0.1) is 0 Å². The van der Waals surface area contributed by atoms with Crippen LogP contribution >= 0.6 is 23.1 Å². The van der Waals surface area contributed by atoms with Crippen LogP contribution in [0.4, 0.5) is 9.52 Å². The first-order valence-corrected chi connectivity index (χ1v) is 10.1. The molecule has 0 aliphatic rings. The third-order valence-electron chi connectivity index (χ3n) is 3.74. The summed E-state index contributed by atoms with van der Waals surface area (Å²) < 4.78 is 19.2. The lowest BCUT2D eigenvalue weighted by atomic mass is 10.1. The Bertz CT molecular complexity index is 915. The highest BCUT2D eigenvalue weighted by atomic mass is 32.2. The van der Waals surface area contributed by atoms with Gasteiger partial charge in [-0.15, -0.1) is 10.2 Å². The van der Waals surface area contributed by atoms with Gasteiger partial charge in [0.1, 0.15) is 11.6 Å². The maximum atomic E-state index is 12.9. The molecule has 5 nitrogen and oxygen atoms in total. The Morgan fingerprint density at radius 1 is 1.22 bits per heavy atom. The van der Waals surface area contributed by atoms with Gasteiger partial charge in [-0.25, -0.2) is 4.39 Å². The average molecular weight is 404 g/mol. The number of nitrogens with zero attached hydrogens (tertiary/aromatic N) is 2. The molecule has 3 rings (SSSR count). The molecule has 1 aromatic heterocycles. The van der Waals surface area contributed by atoms with Gasteiger partial charge in [0.2, 0.25) is 5.13 Å². The van der Waals surface area contributed by atoms with E-state index in [9.17, 15) is 9.18 Å². The van der Waals surface area contributed by atoms with Crippen LogP contribution in [0.25, 0.3) is 0 Å². The summed E-state index contributed by atoms with van der Waals surface area (Å²) >= 11 is 2.89.